The van der Waals surface area contributed by atoms with E-state index in [2.05, 4.69) is 129 Å². The van der Waals surface area contributed by atoms with Crippen LogP contribution in [0.5, 0.6) is 0 Å². The summed E-state index contributed by atoms with van der Waals surface area (Å²) in [6, 6.07) is 24.1. The smallest absolute Gasteiger partial charge is 0.815 e. The fourth-order valence-electron chi connectivity index (χ4n) is 11.2. The van der Waals surface area contributed by atoms with E-state index in [0.29, 0.717) is 0 Å². The molecule has 0 saturated carbocycles. The fourth-order valence-corrected chi connectivity index (χ4v) is 22.0. The Morgan fingerprint density at radius 2 is 0.379 bits per heavy atom. The van der Waals surface area contributed by atoms with Crippen LogP contribution in [-0.4, -0.2) is 0 Å². The van der Waals surface area contributed by atoms with Crippen molar-refractivity contribution in [1.82, 2.24) is 0 Å². The van der Waals surface area contributed by atoms with Crippen LogP contribution in [0.15, 0.2) is 92.4 Å². The van der Waals surface area contributed by atoms with Crippen LogP contribution < -0.4 is 39.1 Å². The van der Waals surface area contributed by atoms with Gasteiger partial charge in [-0.3, -0.25) is 0 Å². The van der Waals surface area contributed by atoms with Gasteiger partial charge in [-0.15, -0.1) is 22.8 Å². The van der Waals surface area contributed by atoms with Gasteiger partial charge in [-0.2, -0.15) is 0 Å². The van der Waals surface area contributed by atoms with Crippen molar-refractivity contribution in [2.75, 3.05) is 0 Å². The second kappa shape index (κ2) is 62.8. The minimum atomic E-state index is -3.77. The molecule has 0 aromatic heterocycles. The largest absolute Gasteiger partial charge is 4.00 e. The number of rotatable bonds is 44. The van der Waals surface area contributed by atoms with Gasteiger partial charge in [0.05, 0.1) is 0 Å². The summed E-state index contributed by atoms with van der Waals surface area (Å²) in [5.41, 5.74) is -4.96. The summed E-state index contributed by atoms with van der Waals surface area (Å²) in [5.74, 6) is 0. The zero-order valence-electron chi connectivity index (χ0n) is 58.8. The van der Waals surface area contributed by atoms with Crippen molar-refractivity contribution in [2.24, 2.45) is 0 Å². The molecule has 534 valence electrons. The maximum absolute atomic E-state index is 11.5. The van der Waals surface area contributed by atoms with Crippen LogP contribution in [0.2, 0.25) is 0 Å². The third-order valence-electron chi connectivity index (χ3n) is 16.1. The third-order valence-corrected chi connectivity index (χ3v) is 27.0. The SMILES string of the molecule is CCCCCCc1cccc([S+]=P([O-])([O-])[S-])c1CCCCCC.CCCCCCc1cccc([S+]=P([O-])([O-])[S-])c1CCCCCC.CCCCCCc1cccc([S+]=P([O-])([O-])[S-])c1CCCCCC.CCCCCCc1cccc([S+]=P([O-])([O-])[S-])c1CCCCCC.[Mo+4].[Mo+4].[Mo+4]. The van der Waals surface area contributed by atoms with Gasteiger partial charge in [0.25, 0.3) is 0 Å². The van der Waals surface area contributed by atoms with Gasteiger partial charge >= 0.3 is 63.2 Å². The second-order valence-corrected chi connectivity index (χ2v) is 46.8. The molecule has 0 aliphatic heterocycles. The minimum absolute atomic E-state index is 0. The minimum Gasteiger partial charge on any atom is -0.815 e. The fraction of sp³-hybridized carbons (Fsp3) is 0.667. The summed E-state index contributed by atoms with van der Waals surface area (Å²) in [5, 5.41) is 0. The van der Waals surface area contributed by atoms with Crippen LogP contribution in [0.1, 0.15) is 305 Å². The molecule has 0 radical (unpaired) electrons. The molecule has 0 saturated heterocycles. The summed E-state index contributed by atoms with van der Waals surface area (Å²) < 4.78 is 0. The van der Waals surface area contributed by atoms with Crippen LogP contribution in [0.3, 0.4) is 0 Å². The Hall–Kier alpha value is 2.62. The van der Waals surface area contributed by atoms with Crippen molar-refractivity contribution in [2.45, 2.75) is 332 Å². The molecule has 0 aliphatic carbocycles. The van der Waals surface area contributed by atoms with E-state index in [1.54, 1.807) is 0 Å². The van der Waals surface area contributed by atoms with Gasteiger partial charge in [-0.25, -0.2) is 0 Å². The summed E-state index contributed by atoms with van der Waals surface area (Å²) in [4.78, 5) is 95.8. The predicted octanol–water partition coefficient (Wildman–Crippen LogP) is 17.3. The van der Waals surface area contributed by atoms with E-state index in [9.17, 15) is 39.1 Å². The van der Waals surface area contributed by atoms with Crippen molar-refractivity contribution in [3.05, 3.63) is 117 Å². The van der Waals surface area contributed by atoms with E-state index >= 15 is 0 Å². The van der Waals surface area contributed by atoms with Crippen molar-refractivity contribution >= 4 is 116 Å². The van der Waals surface area contributed by atoms with E-state index < -0.39 is 22.8 Å². The molecule has 0 spiro atoms. The van der Waals surface area contributed by atoms with Gasteiger partial charge < -0.3 is 88.1 Å². The first kappa shape index (κ1) is 102. The van der Waals surface area contributed by atoms with Gasteiger partial charge in [0, 0.05) is 46.5 Å². The Morgan fingerprint density at radius 3 is 0.516 bits per heavy atom. The van der Waals surface area contributed by atoms with E-state index in [0.717, 1.165) is 140 Å². The first-order chi connectivity index (χ1) is 43.9. The van der Waals surface area contributed by atoms with Gasteiger partial charge in [0.1, 0.15) is 43.8 Å². The second-order valence-electron chi connectivity index (χ2n) is 24.2. The van der Waals surface area contributed by atoms with Crippen molar-refractivity contribution in [3.63, 3.8) is 0 Å². The Labute approximate surface area is 659 Å². The zero-order valence-corrected chi connectivity index (χ0v) is 74.9. The molecule has 0 N–H and O–H groups in total. The Bertz CT molecular complexity index is 2410. The van der Waals surface area contributed by atoms with Crippen molar-refractivity contribution in [1.29, 1.82) is 0 Å². The average molecular weight is 1780 g/mol. The van der Waals surface area contributed by atoms with Crippen molar-refractivity contribution < 1.29 is 102 Å². The summed E-state index contributed by atoms with van der Waals surface area (Å²) in [6.07, 6.45) is 46.7. The number of hydrogen-bond donors (Lipinski definition) is 0. The van der Waals surface area contributed by atoms with Crippen LogP contribution in [0.25, 0.3) is 0 Å². The molecule has 0 heterocycles. The molecule has 4 rings (SSSR count). The summed E-state index contributed by atoms with van der Waals surface area (Å²) in [6.45, 7) is 17.7. The standard InChI is InChI=1S/4C18H29O2PS2.3Mo/c4*1-3-5-7-9-12-16-13-11-15-18(23-21(19,20)22)17(16)14-10-8-6-4-2;;;/h4*11,13,15H,3-10,12,14H2,1-2H3;;;/q4*-2;3*+4. The molecule has 0 amide bonds. The van der Waals surface area contributed by atoms with Gasteiger partial charge in [-0.1, -0.05) is 258 Å². The normalized spacial score (nSPS) is 11.3. The molecule has 95 heavy (non-hydrogen) atoms. The Morgan fingerprint density at radius 1 is 0.232 bits per heavy atom. The molecule has 0 aliphatic rings. The molecule has 4 aromatic rings. The van der Waals surface area contributed by atoms with E-state index in [-0.39, 0.29) is 63.2 Å². The molecule has 0 bridgehead atoms. The zero-order chi connectivity index (χ0) is 68.5. The number of hydrogen-bond acceptors (Lipinski definition) is 12. The first-order valence-corrected chi connectivity index (χ1v) is 51.4. The van der Waals surface area contributed by atoms with Crippen LogP contribution in [0, 0.1) is 0 Å². The van der Waals surface area contributed by atoms with Crippen molar-refractivity contribution in [3.8, 4) is 0 Å². The quantitative estimate of drug-likeness (QED) is 0.0134. The molecule has 8 nitrogen and oxygen atoms in total. The van der Waals surface area contributed by atoms with Crippen LogP contribution in [-0.2, 0) is 207 Å². The summed E-state index contributed by atoms with van der Waals surface area (Å²) >= 11 is 18.4. The third kappa shape index (κ3) is 54.0. The van der Waals surface area contributed by atoms with E-state index in [1.807, 2.05) is 48.5 Å². The molecule has 0 unspecified atom stereocenters. The van der Waals surface area contributed by atoms with Crippen LogP contribution >= 0.6 is 22.8 Å². The topological polar surface area (TPSA) is 184 Å². The van der Waals surface area contributed by atoms with Crippen LogP contribution in [0.4, 0.5) is 0 Å². The first-order valence-electron chi connectivity index (χ1n) is 35.2. The predicted molar refractivity (Wildman–Crippen MR) is 408 cm³/mol. The van der Waals surface area contributed by atoms with Gasteiger partial charge in [0.15, 0.2) is 0 Å². The van der Waals surface area contributed by atoms with E-state index in [1.165, 1.54) is 224 Å². The molecular weight excluding hydrogens is 1660 g/mol. The molecule has 0 atom stereocenters. The Kier molecular flexibility index (Phi) is 67.3. The van der Waals surface area contributed by atoms with Gasteiger partial charge in [0.2, 0.25) is 19.6 Å². The van der Waals surface area contributed by atoms with E-state index in [4.69, 9.17) is 0 Å². The molecule has 23 heteroatoms. The molecule has 0 fully saturated rings. The summed E-state index contributed by atoms with van der Waals surface area (Å²) in [7, 11) is 3.46. The maximum atomic E-state index is 11.5. The average Bonchev–Trinajstić information content (AvgIpc) is 0.923. The molecular formula is C72H116Mo3O8P4S8+4. The monoisotopic (exact) mass is 1780 g/mol. The Balaban J connectivity index is -0.00000118. The number of unbranched alkanes of at least 4 members (excludes halogenated alkanes) is 24. The number of aryl methyl sites for hydroxylation is 4. The maximum Gasteiger partial charge on any atom is 4.00 e. The number of benzene rings is 4. The molecule has 4 aromatic carbocycles. The van der Waals surface area contributed by atoms with Gasteiger partial charge in [-0.05, 0) is 125 Å².